The van der Waals surface area contributed by atoms with Gasteiger partial charge in [0.1, 0.15) is 0 Å². The zero-order valence-electron chi connectivity index (χ0n) is 9.55. The van der Waals surface area contributed by atoms with Crippen molar-refractivity contribution >= 4 is 11.7 Å². The summed E-state index contributed by atoms with van der Waals surface area (Å²) in [4.78, 5) is 27.2. The van der Waals surface area contributed by atoms with Crippen LogP contribution in [0.2, 0.25) is 0 Å². The minimum Gasteiger partial charge on any atom is -0.347 e. The molecular formula is C11H12N6O. The first-order valence-electron chi connectivity index (χ1n) is 5.64. The topological polar surface area (TPSA) is 95.6 Å². The molecule has 18 heavy (non-hydrogen) atoms. The number of aromatic amines is 1. The van der Waals surface area contributed by atoms with E-state index in [4.69, 9.17) is 0 Å². The number of amides is 1. The molecule has 1 amide bonds. The minimum absolute atomic E-state index is 0.121. The van der Waals surface area contributed by atoms with E-state index >= 15 is 0 Å². The molecule has 0 aromatic carbocycles. The number of nitrogens with zero attached hydrogens (tertiary/aromatic N) is 3. The van der Waals surface area contributed by atoms with Crippen molar-refractivity contribution in [2.75, 3.05) is 5.32 Å². The van der Waals surface area contributed by atoms with Gasteiger partial charge < -0.3 is 10.3 Å². The molecule has 92 valence electrons. The quantitative estimate of drug-likeness (QED) is 0.683. The number of rotatable bonds is 2. The highest BCUT2D eigenvalue weighted by Crippen LogP contribution is 2.13. The third-order valence-corrected chi connectivity index (χ3v) is 2.86. The van der Waals surface area contributed by atoms with E-state index < -0.39 is 0 Å². The van der Waals surface area contributed by atoms with E-state index in [1.54, 1.807) is 12.5 Å². The smallest absolute Gasteiger partial charge is 0.243 e. The van der Waals surface area contributed by atoms with Crippen LogP contribution in [-0.2, 0) is 17.8 Å². The fourth-order valence-electron chi connectivity index (χ4n) is 1.93. The van der Waals surface area contributed by atoms with Gasteiger partial charge >= 0.3 is 0 Å². The second-order valence-electron chi connectivity index (χ2n) is 4.05. The maximum Gasteiger partial charge on any atom is 0.243 e. The lowest BCUT2D eigenvalue weighted by atomic mass is 10.0. The Morgan fingerprint density at radius 1 is 1.39 bits per heavy atom. The molecule has 3 N–H and O–H groups in total. The molecule has 7 heteroatoms. The summed E-state index contributed by atoms with van der Waals surface area (Å²) in [6.45, 7) is 0.619. The molecule has 0 radical (unpaired) electrons. The molecular weight excluding hydrogens is 232 g/mol. The Kier molecular flexibility index (Phi) is 2.73. The van der Waals surface area contributed by atoms with Crippen molar-refractivity contribution < 1.29 is 4.79 Å². The molecule has 1 aliphatic heterocycles. The van der Waals surface area contributed by atoms with Gasteiger partial charge in [-0.3, -0.25) is 15.1 Å². The maximum absolute atomic E-state index is 12.0. The maximum atomic E-state index is 12.0. The summed E-state index contributed by atoms with van der Waals surface area (Å²) in [7, 11) is 0. The first-order chi connectivity index (χ1) is 8.83. The molecule has 3 rings (SSSR count). The molecule has 3 heterocycles. The standard InChI is InChI=1S/C11H12N6O/c18-11(17-10-5-12-1-2-13-10)8-3-7-9(4-14-8)16-6-15-7/h1-2,5-6,8,14H,3-4H2,(H,15,16)(H,13,17,18). The number of aromatic nitrogens is 4. The highest BCUT2D eigenvalue weighted by atomic mass is 16.2. The minimum atomic E-state index is -0.289. The van der Waals surface area contributed by atoms with Gasteiger partial charge in [-0.15, -0.1) is 0 Å². The zero-order chi connectivity index (χ0) is 12.4. The lowest BCUT2D eigenvalue weighted by Gasteiger charge is -2.21. The highest BCUT2D eigenvalue weighted by Gasteiger charge is 2.25. The van der Waals surface area contributed by atoms with E-state index in [1.165, 1.54) is 12.4 Å². The molecule has 0 spiro atoms. The third-order valence-electron chi connectivity index (χ3n) is 2.86. The van der Waals surface area contributed by atoms with Crippen LogP contribution in [0.4, 0.5) is 5.82 Å². The predicted octanol–water partition coefficient (Wildman–Crippen LogP) is -0.147. The van der Waals surface area contributed by atoms with E-state index in [2.05, 4.69) is 30.6 Å². The summed E-state index contributed by atoms with van der Waals surface area (Å²) in [5.41, 5.74) is 1.98. The van der Waals surface area contributed by atoms with Crippen molar-refractivity contribution in [3.63, 3.8) is 0 Å². The highest BCUT2D eigenvalue weighted by molar-refractivity contribution is 5.94. The van der Waals surface area contributed by atoms with Crippen molar-refractivity contribution in [2.45, 2.75) is 19.0 Å². The summed E-state index contributed by atoms with van der Waals surface area (Å²) in [6, 6.07) is -0.289. The monoisotopic (exact) mass is 244 g/mol. The van der Waals surface area contributed by atoms with Crippen molar-refractivity contribution in [1.29, 1.82) is 0 Å². The fourth-order valence-corrected chi connectivity index (χ4v) is 1.93. The summed E-state index contributed by atoms with van der Waals surface area (Å²) >= 11 is 0. The van der Waals surface area contributed by atoms with Crippen LogP contribution >= 0.6 is 0 Å². The molecule has 2 aromatic rings. The number of imidazole rings is 1. The van der Waals surface area contributed by atoms with Gasteiger partial charge in [-0.05, 0) is 0 Å². The van der Waals surface area contributed by atoms with Crippen molar-refractivity contribution in [2.24, 2.45) is 0 Å². The van der Waals surface area contributed by atoms with Gasteiger partial charge in [-0.25, -0.2) is 9.97 Å². The van der Waals surface area contributed by atoms with Gasteiger partial charge in [-0.2, -0.15) is 0 Å². The Morgan fingerprint density at radius 2 is 2.33 bits per heavy atom. The van der Waals surface area contributed by atoms with E-state index in [-0.39, 0.29) is 11.9 Å². The molecule has 7 nitrogen and oxygen atoms in total. The largest absolute Gasteiger partial charge is 0.347 e. The van der Waals surface area contributed by atoms with Gasteiger partial charge in [0.2, 0.25) is 5.91 Å². The second kappa shape index (κ2) is 4.53. The number of nitrogens with one attached hydrogen (secondary N) is 3. The Hall–Kier alpha value is -2.28. The molecule has 1 atom stereocenters. The molecule has 2 aromatic heterocycles. The number of anilines is 1. The van der Waals surface area contributed by atoms with Gasteiger partial charge in [0.05, 0.1) is 30.0 Å². The number of H-pyrrole nitrogens is 1. The summed E-state index contributed by atoms with van der Waals surface area (Å²) in [6.07, 6.45) is 6.83. The van der Waals surface area contributed by atoms with Crippen molar-refractivity contribution in [1.82, 2.24) is 25.3 Å². The molecule has 1 aliphatic rings. The Labute approximate surface area is 103 Å². The van der Waals surface area contributed by atoms with Gasteiger partial charge in [0, 0.05) is 25.4 Å². The molecule has 0 aliphatic carbocycles. The normalized spacial score (nSPS) is 18.1. The number of hydrogen-bond acceptors (Lipinski definition) is 5. The SMILES string of the molecule is O=C(Nc1cnccn1)C1Cc2nc[nH]c2CN1. The third kappa shape index (κ3) is 2.07. The second-order valence-corrected chi connectivity index (χ2v) is 4.05. The predicted molar refractivity (Wildman–Crippen MR) is 63.6 cm³/mol. The Bertz CT molecular complexity index is 552. The average Bonchev–Trinajstić information content (AvgIpc) is 2.87. The van der Waals surface area contributed by atoms with Crippen LogP contribution in [0.5, 0.6) is 0 Å². The van der Waals surface area contributed by atoms with Gasteiger partial charge in [0.15, 0.2) is 5.82 Å². The molecule has 0 fully saturated rings. The molecule has 1 unspecified atom stereocenters. The van der Waals surface area contributed by atoms with Gasteiger partial charge in [-0.1, -0.05) is 0 Å². The van der Waals surface area contributed by atoms with Crippen LogP contribution < -0.4 is 10.6 Å². The summed E-state index contributed by atoms with van der Waals surface area (Å²) in [5.74, 6) is 0.335. The van der Waals surface area contributed by atoms with Crippen LogP contribution in [-0.4, -0.2) is 31.9 Å². The number of carbonyl (C=O) groups is 1. The molecule has 0 bridgehead atoms. The molecule has 0 saturated heterocycles. The summed E-state index contributed by atoms with van der Waals surface area (Å²) < 4.78 is 0. The first-order valence-corrected chi connectivity index (χ1v) is 5.64. The summed E-state index contributed by atoms with van der Waals surface area (Å²) in [5, 5.41) is 5.87. The van der Waals surface area contributed by atoms with E-state index in [9.17, 15) is 4.79 Å². The fraction of sp³-hybridized carbons (Fsp3) is 0.273. The van der Waals surface area contributed by atoms with Crippen LogP contribution in [0.3, 0.4) is 0 Å². The van der Waals surface area contributed by atoms with E-state index in [1.807, 2.05) is 0 Å². The number of fused-ring (bicyclic) bond motifs is 1. The first kappa shape index (κ1) is 10.8. The number of hydrogen-bond donors (Lipinski definition) is 3. The number of carbonyl (C=O) groups excluding carboxylic acids is 1. The Balaban J connectivity index is 1.68. The Morgan fingerprint density at radius 3 is 3.17 bits per heavy atom. The van der Waals surface area contributed by atoms with Crippen LogP contribution in [0.1, 0.15) is 11.4 Å². The molecule has 0 saturated carbocycles. The van der Waals surface area contributed by atoms with Crippen molar-refractivity contribution in [3.8, 4) is 0 Å². The lowest BCUT2D eigenvalue weighted by molar-refractivity contribution is -0.118. The zero-order valence-corrected chi connectivity index (χ0v) is 9.55. The van der Waals surface area contributed by atoms with E-state index in [0.717, 1.165) is 11.4 Å². The van der Waals surface area contributed by atoms with Crippen LogP contribution in [0.25, 0.3) is 0 Å². The van der Waals surface area contributed by atoms with Crippen LogP contribution in [0.15, 0.2) is 24.9 Å². The van der Waals surface area contributed by atoms with Crippen molar-refractivity contribution in [3.05, 3.63) is 36.3 Å². The van der Waals surface area contributed by atoms with Gasteiger partial charge in [0.25, 0.3) is 0 Å². The van der Waals surface area contributed by atoms with E-state index in [0.29, 0.717) is 18.8 Å². The lowest BCUT2D eigenvalue weighted by Crippen LogP contribution is -2.44. The van der Waals surface area contributed by atoms with Crippen LogP contribution in [0, 0.1) is 0 Å². The average molecular weight is 244 g/mol.